The Hall–Kier alpha value is -1.53. The van der Waals surface area contributed by atoms with Gasteiger partial charge >= 0.3 is 0 Å². The third kappa shape index (κ3) is 30.0. The Bertz CT molecular complexity index is 1290. The average molecular weight is 1010 g/mol. The van der Waals surface area contributed by atoms with Crippen LogP contribution >= 0.6 is 0 Å². The van der Waals surface area contributed by atoms with Crippen molar-refractivity contribution in [3.63, 3.8) is 0 Å². The molecule has 14 nitrogen and oxygen atoms in total. The normalized spacial score (nSPS) is 25.9. The van der Waals surface area contributed by atoms with Gasteiger partial charge in [-0.05, 0) is 44.9 Å². The molecule has 0 aromatic rings. The number of hydrogen-bond acceptors (Lipinski definition) is 13. The van der Waals surface area contributed by atoms with Gasteiger partial charge in [0.2, 0.25) is 5.91 Å². The summed E-state index contributed by atoms with van der Waals surface area (Å²) in [6.07, 6.45) is 33.6. The molecule has 2 rings (SSSR count). The molecule has 0 aliphatic carbocycles. The summed E-state index contributed by atoms with van der Waals surface area (Å²) >= 11 is 0. The fourth-order valence-electron chi connectivity index (χ4n) is 9.64. The number of rotatable bonds is 46. The number of aliphatic hydroxyl groups excluding tert-OH is 8. The maximum Gasteiger partial charge on any atom is 0.220 e. The molecule has 9 N–H and O–H groups in total. The zero-order valence-corrected chi connectivity index (χ0v) is 44.7. The number of nitrogens with one attached hydrogen (secondary N) is 1. The van der Waals surface area contributed by atoms with Crippen molar-refractivity contribution in [3.8, 4) is 0 Å². The minimum atomic E-state index is -1.79. The van der Waals surface area contributed by atoms with Gasteiger partial charge in [-0.2, -0.15) is 0 Å². The fraction of sp³-hybridized carbons (Fsp3) is 0.912. The van der Waals surface area contributed by atoms with E-state index >= 15 is 0 Å². The fourth-order valence-corrected chi connectivity index (χ4v) is 9.64. The second-order valence-electron chi connectivity index (χ2n) is 20.8. The average Bonchev–Trinajstić information content (AvgIpc) is 3.37. The van der Waals surface area contributed by atoms with E-state index in [9.17, 15) is 45.6 Å². The highest BCUT2D eigenvalue weighted by Crippen LogP contribution is 2.30. The van der Waals surface area contributed by atoms with Gasteiger partial charge in [-0.25, -0.2) is 0 Å². The van der Waals surface area contributed by atoms with Gasteiger partial charge in [-0.15, -0.1) is 0 Å². The van der Waals surface area contributed by atoms with Crippen LogP contribution < -0.4 is 5.32 Å². The third-order valence-corrected chi connectivity index (χ3v) is 14.4. The number of carbonyl (C=O) groups is 1. The van der Waals surface area contributed by atoms with Gasteiger partial charge in [0.15, 0.2) is 12.6 Å². The molecule has 0 spiro atoms. The molecular weight excluding hydrogens is 907 g/mol. The number of aliphatic hydroxyl groups is 8. The molecule has 12 unspecified atom stereocenters. The molecule has 1 amide bonds. The number of amides is 1. The van der Waals surface area contributed by atoms with E-state index in [1.807, 2.05) is 6.08 Å². The zero-order chi connectivity index (χ0) is 51.7. The Kier molecular flexibility index (Phi) is 40.4. The molecule has 418 valence electrons. The summed E-state index contributed by atoms with van der Waals surface area (Å²) in [6.45, 7) is 2.79. The Labute approximate surface area is 430 Å². The van der Waals surface area contributed by atoms with Crippen LogP contribution in [0.1, 0.15) is 239 Å². The van der Waals surface area contributed by atoms with Crippen molar-refractivity contribution in [1.29, 1.82) is 0 Å². The molecule has 0 aromatic carbocycles. The minimum absolute atomic E-state index is 0.247. The van der Waals surface area contributed by atoms with E-state index < -0.39 is 86.8 Å². The smallest absolute Gasteiger partial charge is 0.220 e. The monoisotopic (exact) mass is 1010 g/mol. The van der Waals surface area contributed by atoms with E-state index in [2.05, 4.69) is 31.3 Å². The highest BCUT2D eigenvalue weighted by molar-refractivity contribution is 5.76. The van der Waals surface area contributed by atoms with E-state index in [4.69, 9.17) is 18.9 Å². The molecule has 0 aromatic heterocycles. The van der Waals surface area contributed by atoms with Crippen LogP contribution in [-0.2, 0) is 23.7 Å². The minimum Gasteiger partial charge on any atom is -0.394 e. The standard InChI is InChI=1S/C57H107NO13/c1-3-5-7-9-11-13-15-17-19-20-21-22-23-24-25-26-27-28-30-32-34-36-38-40-46(61)45(58-49(62)41-39-37-35-33-31-29-18-16-14-12-10-8-6-4-2)44-68-56-54(67)52(65)55(48(43-60)70-56)71-57-53(66)51(64)50(63)47(42-59)69-57/h16,18,38,40,45-48,50-57,59-61,63-67H,3-15,17,19-37,39,41-44H2,1-2H3,(H,58,62)/b18-16-,40-38+. The van der Waals surface area contributed by atoms with Crippen molar-refractivity contribution in [2.24, 2.45) is 0 Å². The highest BCUT2D eigenvalue weighted by atomic mass is 16.7. The van der Waals surface area contributed by atoms with Crippen LogP contribution in [0.5, 0.6) is 0 Å². The van der Waals surface area contributed by atoms with Gasteiger partial charge in [-0.3, -0.25) is 4.79 Å². The molecule has 2 saturated heterocycles. The first-order valence-electron chi connectivity index (χ1n) is 29.1. The molecule has 0 bridgehead atoms. The maximum absolute atomic E-state index is 13.2. The zero-order valence-electron chi connectivity index (χ0n) is 44.7. The maximum atomic E-state index is 13.2. The second-order valence-corrected chi connectivity index (χ2v) is 20.8. The molecule has 14 heteroatoms. The van der Waals surface area contributed by atoms with Gasteiger partial charge in [-0.1, -0.05) is 212 Å². The molecule has 2 aliphatic heterocycles. The summed E-state index contributed by atoms with van der Waals surface area (Å²) < 4.78 is 22.7. The van der Waals surface area contributed by atoms with E-state index in [-0.39, 0.29) is 18.9 Å². The first-order chi connectivity index (χ1) is 34.6. The van der Waals surface area contributed by atoms with Crippen molar-refractivity contribution in [2.45, 2.75) is 312 Å². The summed E-state index contributed by atoms with van der Waals surface area (Å²) in [5.41, 5.74) is 0. The van der Waals surface area contributed by atoms with Crippen LogP contribution in [0, 0.1) is 0 Å². The predicted octanol–water partition coefficient (Wildman–Crippen LogP) is 9.28. The summed E-state index contributed by atoms with van der Waals surface area (Å²) in [5, 5.41) is 87.0. The van der Waals surface area contributed by atoms with Crippen molar-refractivity contribution < 1.29 is 64.6 Å². The molecule has 2 fully saturated rings. The van der Waals surface area contributed by atoms with Crippen molar-refractivity contribution in [3.05, 3.63) is 24.3 Å². The van der Waals surface area contributed by atoms with Crippen LogP contribution in [0.25, 0.3) is 0 Å². The quantitative estimate of drug-likeness (QED) is 0.0205. The number of allylic oxidation sites excluding steroid dienone is 3. The second kappa shape index (κ2) is 43.7. The van der Waals surface area contributed by atoms with E-state index in [1.165, 1.54) is 154 Å². The van der Waals surface area contributed by atoms with Crippen LogP contribution in [0.4, 0.5) is 0 Å². The van der Waals surface area contributed by atoms with Crippen LogP contribution in [0.3, 0.4) is 0 Å². The largest absolute Gasteiger partial charge is 0.394 e. The van der Waals surface area contributed by atoms with Crippen LogP contribution in [-0.4, -0.2) is 140 Å². The predicted molar refractivity (Wildman–Crippen MR) is 282 cm³/mol. The molecule has 2 aliphatic rings. The molecule has 71 heavy (non-hydrogen) atoms. The Balaban J connectivity index is 1.77. The lowest BCUT2D eigenvalue weighted by Gasteiger charge is -2.46. The lowest BCUT2D eigenvalue weighted by Crippen LogP contribution is -2.65. The van der Waals surface area contributed by atoms with Crippen LogP contribution in [0.2, 0.25) is 0 Å². The summed E-state index contributed by atoms with van der Waals surface area (Å²) in [4.78, 5) is 13.2. The van der Waals surface area contributed by atoms with Gasteiger partial charge < -0.3 is 65.1 Å². The molecular formula is C57H107NO13. The summed E-state index contributed by atoms with van der Waals surface area (Å²) in [6, 6.07) is -0.916. The first kappa shape index (κ1) is 65.6. The number of unbranched alkanes of at least 4 members (excludes halogenated alkanes) is 31. The summed E-state index contributed by atoms with van der Waals surface area (Å²) in [5.74, 6) is -0.247. The number of carbonyl (C=O) groups excluding carboxylic acids is 1. The van der Waals surface area contributed by atoms with Gasteiger partial charge in [0.1, 0.15) is 48.8 Å². The van der Waals surface area contributed by atoms with Crippen molar-refractivity contribution in [1.82, 2.24) is 5.32 Å². The number of ether oxygens (including phenoxy) is 4. The third-order valence-electron chi connectivity index (χ3n) is 14.4. The van der Waals surface area contributed by atoms with Gasteiger partial charge in [0.25, 0.3) is 0 Å². The van der Waals surface area contributed by atoms with Crippen molar-refractivity contribution in [2.75, 3.05) is 19.8 Å². The Morgan fingerprint density at radius 2 is 0.887 bits per heavy atom. The highest BCUT2D eigenvalue weighted by Gasteiger charge is 2.51. The Morgan fingerprint density at radius 3 is 1.34 bits per heavy atom. The van der Waals surface area contributed by atoms with Crippen molar-refractivity contribution >= 4 is 5.91 Å². The van der Waals surface area contributed by atoms with Crippen LogP contribution in [0.15, 0.2) is 24.3 Å². The molecule has 0 saturated carbocycles. The molecule has 12 atom stereocenters. The van der Waals surface area contributed by atoms with E-state index in [0.29, 0.717) is 6.42 Å². The van der Waals surface area contributed by atoms with E-state index in [1.54, 1.807) is 6.08 Å². The molecule has 0 radical (unpaired) electrons. The van der Waals surface area contributed by atoms with E-state index in [0.717, 1.165) is 57.8 Å². The Morgan fingerprint density at radius 1 is 0.493 bits per heavy atom. The van der Waals surface area contributed by atoms with Gasteiger partial charge in [0, 0.05) is 6.42 Å². The lowest BCUT2D eigenvalue weighted by molar-refractivity contribution is -0.359. The van der Waals surface area contributed by atoms with Gasteiger partial charge in [0.05, 0.1) is 32.0 Å². The number of hydrogen-bond donors (Lipinski definition) is 9. The summed E-state index contributed by atoms with van der Waals surface area (Å²) in [7, 11) is 0. The first-order valence-corrected chi connectivity index (χ1v) is 29.1. The topological polar surface area (TPSA) is 228 Å². The lowest BCUT2D eigenvalue weighted by atomic mass is 9.97. The SMILES string of the molecule is CCCCCCC/C=C\CCCCCCCC(=O)NC(COC1OC(CO)C(OC2OC(CO)C(O)C(O)C2O)C(O)C1O)C(O)/C=C/CCCCCCCCCCCCCCCCCCCCCCC. The molecule has 2 heterocycles.